The average molecular weight is 205 g/mol. The zero-order valence-electron chi connectivity index (χ0n) is 9.05. The number of urea groups is 1. The summed E-state index contributed by atoms with van der Waals surface area (Å²) in [5, 5.41) is 0. The van der Waals surface area contributed by atoms with E-state index in [-0.39, 0.29) is 6.03 Å². The van der Waals surface area contributed by atoms with Gasteiger partial charge in [0.05, 0.1) is 13.3 Å². The van der Waals surface area contributed by atoms with E-state index >= 15 is 0 Å². The van der Waals surface area contributed by atoms with Crippen molar-refractivity contribution in [1.82, 2.24) is 9.80 Å². The third kappa shape index (κ3) is 1.88. The lowest BCUT2D eigenvalue weighted by Crippen LogP contribution is -2.55. The topological polar surface area (TPSA) is 26.8 Å². The predicted molar refractivity (Wildman–Crippen MR) is 59.6 cm³/mol. The van der Waals surface area contributed by atoms with Crippen LogP contribution in [-0.4, -0.2) is 43.3 Å². The molecule has 0 atom stereocenters. The summed E-state index contributed by atoms with van der Waals surface area (Å²) in [6.45, 7) is 1.29. The molecule has 1 aromatic carbocycles. The summed E-state index contributed by atoms with van der Waals surface area (Å²) in [6, 6.07) is 10.2. The molecule has 1 aromatic rings. The molecule has 15 heavy (non-hydrogen) atoms. The third-order valence-corrected chi connectivity index (χ3v) is 2.54. The molecule has 1 aliphatic heterocycles. The molecule has 0 aliphatic carbocycles. The van der Waals surface area contributed by atoms with Crippen molar-refractivity contribution in [3.8, 4) is 0 Å². The molecule has 0 radical (unpaired) electrons. The number of para-hydroxylation sites is 1. The van der Waals surface area contributed by atoms with Crippen LogP contribution in [-0.2, 0) is 0 Å². The highest BCUT2D eigenvalue weighted by Gasteiger charge is 2.24. The Hall–Kier alpha value is -1.71. The molecular weight excluding hydrogens is 190 g/mol. The minimum absolute atomic E-state index is 0.0715. The van der Waals surface area contributed by atoms with E-state index in [1.807, 2.05) is 32.3 Å². The fraction of sp³-hybridized carbons (Fsp3) is 0.364. The molecule has 0 saturated carbocycles. The first-order valence-electron chi connectivity index (χ1n) is 4.94. The van der Waals surface area contributed by atoms with Gasteiger partial charge in [-0.05, 0) is 12.1 Å². The Morgan fingerprint density at radius 1 is 1.00 bits per heavy atom. The maximum absolute atomic E-state index is 11.5. The maximum atomic E-state index is 11.5. The van der Waals surface area contributed by atoms with Gasteiger partial charge in [0.15, 0.2) is 0 Å². The fourth-order valence-corrected chi connectivity index (χ4v) is 1.77. The zero-order valence-corrected chi connectivity index (χ0v) is 9.05. The quantitative estimate of drug-likeness (QED) is 0.693. The molecule has 0 N–H and O–H groups in total. The molecule has 80 valence electrons. The molecule has 4 heteroatoms. The number of hydrogen-bond donors (Lipinski definition) is 0. The molecule has 0 bridgehead atoms. The SMILES string of the molecule is CN1CN(c2ccccc2)CN(C)C1=O. The van der Waals surface area contributed by atoms with Gasteiger partial charge in [0.25, 0.3) is 0 Å². The van der Waals surface area contributed by atoms with Gasteiger partial charge in [0.1, 0.15) is 0 Å². The van der Waals surface area contributed by atoms with Crippen molar-refractivity contribution < 1.29 is 4.79 Å². The molecule has 0 spiro atoms. The van der Waals surface area contributed by atoms with E-state index in [9.17, 15) is 4.79 Å². The lowest BCUT2D eigenvalue weighted by atomic mass is 10.3. The van der Waals surface area contributed by atoms with Crippen LogP contribution in [0.3, 0.4) is 0 Å². The van der Waals surface area contributed by atoms with Gasteiger partial charge in [-0.1, -0.05) is 18.2 Å². The Balaban J connectivity index is 2.16. The molecule has 1 aliphatic rings. The number of amides is 2. The summed E-state index contributed by atoms with van der Waals surface area (Å²) in [7, 11) is 3.63. The van der Waals surface area contributed by atoms with Crippen LogP contribution >= 0.6 is 0 Å². The van der Waals surface area contributed by atoms with Crippen molar-refractivity contribution in [1.29, 1.82) is 0 Å². The van der Waals surface area contributed by atoms with Crippen LogP contribution in [0.25, 0.3) is 0 Å². The molecule has 1 heterocycles. The second-order valence-corrected chi connectivity index (χ2v) is 3.84. The van der Waals surface area contributed by atoms with Gasteiger partial charge >= 0.3 is 6.03 Å². The van der Waals surface area contributed by atoms with Crippen LogP contribution in [0.1, 0.15) is 0 Å². The summed E-state index contributed by atoms with van der Waals surface area (Å²) in [6.07, 6.45) is 0. The first-order chi connectivity index (χ1) is 7.18. The van der Waals surface area contributed by atoms with Gasteiger partial charge < -0.3 is 14.7 Å². The standard InChI is InChI=1S/C11H15N3O/c1-12-8-14(9-13(2)11(12)15)10-6-4-3-5-7-10/h3-7H,8-9H2,1-2H3. The number of nitrogens with zero attached hydrogens (tertiary/aromatic N) is 3. The van der Waals surface area contributed by atoms with E-state index in [1.54, 1.807) is 9.80 Å². The smallest absolute Gasteiger partial charge is 0.322 e. The van der Waals surface area contributed by atoms with Gasteiger partial charge in [-0.3, -0.25) is 0 Å². The monoisotopic (exact) mass is 205 g/mol. The van der Waals surface area contributed by atoms with Crippen molar-refractivity contribution in [3.63, 3.8) is 0 Å². The van der Waals surface area contributed by atoms with Crippen LogP contribution in [0.2, 0.25) is 0 Å². The molecular formula is C11H15N3O. The minimum atomic E-state index is 0.0715. The maximum Gasteiger partial charge on any atom is 0.322 e. The van der Waals surface area contributed by atoms with Gasteiger partial charge in [0, 0.05) is 19.8 Å². The van der Waals surface area contributed by atoms with Crippen molar-refractivity contribution in [2.75, 3.05) is 32.3 Å². The zero-order chi connectivity index (χ0) is 10.8. The van der Waals surface area contributed by atoms with Crippen LogP contribution in [0, 0.1) is 0 Å². The normalized spacial score (nSPS) is 17.2. The summed E-state index contributed by atoms with van der Waals surface area (Å²) in [4.78, 5) is 17.1. The molecule has 0 aromatic heterocycles. The molecule has 0 unspecified atom stereocenters. The molecule has 1 saturated heterocycles. The van der Waals surface area contributed by atoms with E-state index in [0.717, 1.165) is 5.69 Å². The van der Waals surface area contributed by atoms with Crippen LogP contribution in [0.4, 0.5) is 10.5 Å². The highest BCUT2D eigenvalue weighted by molar-refractivity contribution is 5.75. The highest BCUT2D eigenvalue weighted by Crippen LogP contribution is 2.17. The fourth-order valence-electron chi connectivity index (χ4n) is 1.77. The molecule has 4 nitrogen and oxygen atoms in total. The second kappa shape index (κ2) is 3.81. The molecule has 2 amide bonds. The van der Waals surface area contributed by atoms with Crippen LogP contribution < -0.4 is 4.90 Å². The summed E-state index contributed by atoms with van der Waals surface area (Å²) in [5.74, 6) is 0. The number of benzene rings is 1. The minimum Gasteiger partial charge on any atom is -0.336 e. The summed E-state index contributed by atoms with van der Waals surface area (Å²) < 4.78 is 0. The van der Waals surface area contributed by atoms with E-state index in [0.29, 0.717) is 13.3 Å². The van der Waals surface area contributed by atoms with Crippen LogP contribution in [0.15, 0.2) is 30.3 Å². The van der Waals surface area contributed by atoms with E-state index in [2.05, 4.69) is 17.0 Å². The lowest BCUT2D eigenvalue weighted by Gasteiger charge is -2.40. The number of carbonyl (C=O) groups is 1. The van der Waals surface area contributed by atoms with Crippen molar-refractivity contribution in [3.05, 3.63) is 30.3 Å². The van der Waals surface area contributed by atoms with Gasteiger partial charge in [-0.15, -0.1) is 0 Å². The molecule has 1 fully saturated rings. The van der Waals surface area contributed by atoms with Crippen molar-refractivity contribution in [2.45, 2.75) is 0 Å². The Morgan fingerprint density at radius 2 is 1.53 bits per heavy atom. The third-order valence-electron chi connectivity index (χ3n) is 2.54. The molecule has 2 rings (SSSR count). The Bertz CT molecular complexity index is 338. The number of anilines is 1. The number of carbonyl (C=O) groups excluding carboxylic acids is 1. The predicted octanol–water partition coefficient (Wildman–Crippen LogP) is 1.41. The Morgan fingerprint density at radius 3 is 2.07 bits per heavy atom. The van der Waals surface area contributed by atoms with E-state index < -0.39 is 0 Å². The number of hydrogen-bond acceptors (Lipinski definition) is 2. The van der Waals surface area contributed by atoms with Gasteiger partial charge in [0.2, 0.25) is 0 Å². The summed E-state index contributed by atoms with van der Waals surface area (Å²) >= 11 is 0. The Labute approximate surface area is 89.7 Å². The largest absolute Gasteiger partial charge is 0.336 e. The van der Waals surface area contributed by atoms with Gasteiger partial charge in [-0.2, -0.15) is 0 Å². The first-order valence-corrected chi connectivity index (χ1v) is 4.94. The first kappa shape index (κ1) is 9.83. The second-order valence-electron chi connectivity index (χ2n) is 3.84. The van der Waals surface area contributed by atoms with Crippen molar-refractivity contribution >= 4 is 11.7 Å². The van der Waals surface area contributed by atoms with E-state index in [1.165, 1.54) is 0 Å². The van der Waals surface area contributed by atoms with E-state index in [4.69, 9.17) is 0 Å². The van der Waals surface area contributed by atoms with Crippen molar-refractivity contribution in [2.24, 2.45) is 0 Å². The summed E-state index contributed by atoms with van der Waals surface area (Å²) in [5.41, 5.74) is 1.14. The lowest BCUT2D eigenvalue weighted by molar-refractivity contribution is 0.154. The van der Waals surface area contributed by atoms with Gasteiger partial charge in [-0.25, -0.2) is 4.79 Å². The Kier molecular flexibility index (Phi) is 2.49. The highest BCUT2D eigenvalue weighted by atomic mass is 16.2. The number of rotatable bonds is 1. The average Bonchev–Trinajstić information content (AvgIpc) is 2.26. The van der Waals surface area contributed by atoms with Crippen LogP contribution in [0.5, 0.6) is 0 Å².